The summed E-state index contributed by atoms with van der Waals surface area (Å²) in [4.78, 5) is 27.3. The summed E-state index contributed by atoms with van der Waals surface area (Å²) in [6, 6.07) is 5.79. The molecule has 18 heavy (non-hydrogen) atoms. The van der Waals surface area contributed by atoms with E-state index in [0.29, 0.717) is 15.4 Å². The Bertz CT molecular complexity index is 648. The van der Waals surface area contributed by atoms with Gasteiger partial charge < -0.3 is 4.74 Å². The molecule has 1 aliphatic rings. The lowest BCUT2D eigenvalue weighted by Crippen LogP contribution is -2.21. The second-order valence-corrected chi connectivity index (χ2v) is 4.82. The minimum atomic E-state index is -0.717. The average Bonchev–Trinajstić information content (AvgIpc) is 2.74. The molecule has 0 saturated carbocycles. The number of hydrogen-bond donors (Lipinski definition) is 0. The average molecular weight is 263 g/mol. The van der Waals surface area contributed by atoms with Crippen LogP contribution in [0.15, 0.2) is 24.3 Å². The maximum absolute atomic E-state index is 12.8. The van der Waals surface area contributed by atoms with Crippen LogP contribution in [0.5, 0.6) is 0 Å². The highest BCUT2D eigenvalue weighted by molar-refractivity contribution is 7.15. The van der Waals surface area contributed by atoms with Crippen molar-refractivity contribution in [2.75, 3.05) is 0 Å². The summed E-state index contributed by atoms with van der Waals surface area (Å²) in [5.41, 5.74) is 0.884. The van der Waals surface area contributed by atoms with Crippen molar-refractivity contribution in [3.8, 4) is 10.6 Å². The molecule has 0 saturated heterocycles. The number of cyclic esters (lactones) is 2. The molecule has 2 heterocycles. The zero-order valence-corrected chi connectivity index (χ0v) is 9.79. The number of rotatable bonds is 1. The number of fused-ring (bicyclic) bond motifs is 1. The third kappa shape index (κ3) is 1.80. The highest BCUT2D eigenvalue weighted by Gasteiger charge is 2.29. The van der Waals surface area contributed by atoms with E-state index in [-0.39, 0.29) is 17.9 Å². The van der Waals surface area contributed by atoms with Crippen LogP contribution in [0, 0.1) is 5.82 Å². The molecular weight excluding hydrogens is 257 g/mol. The molecule has 0 fully saturated rings. The van der Waals surface area contributed by atoms with Crippen LogP contribution in [-0.4, -0.2) is 16.9 Å². The number of carbonyl (C=O) groups is 2. The van der Waals surface area contributed by atoms with E-state index in [1.165, 1.54) is 23.5 Å². The first-order chi connectivity index (χ1) is 8.63. The van der Waals surface area contributed by atoms with Gasteiger partial charge in [0.15, 0.2) is 5.69 Å². The summed E-state index contributed by atoms with van der Waals surface area (Å²) >= 11 is 1.25. The molecule has 0 radical (unpaired) electrons. The Morgan fingerprint density at radius 1 is 1.22 bits per heavy atom. The van der Waals surface area contributed by atoms with Gasteiger partial charge in [-0.25, -0.2) is 14.2 Å². The van der Waals surface area contributed by atoms with Crippen LogP contribution in [0.3, 0.4) is 0 Å². The fourth-order valence-electron chi connectivity index (χ4n) is 1.67. The van der Waals surface area contributed by atoms with Crippen LogP contribution in [0.4, 0.5) is 4.39 Å². The largest absolute Gasteiger partial charge is 0.388 e. The van der Waals surface area contributed by atoms with Gasteiger partial charge in [0.05, 0.1) is 11.3 Å². The van der Waals surface area contributed by atoms with E-state index in [1.807, 2.05) is 0 Å². The van der Waals surface area contributed by atoms with Gasteiger partial charge in [0, 0.05) is 5.56 Å². The molecule has 0 amide bonds. The second-order valence-electron chi connectivity index (χ2n) is 3.74. The standard InChI is InChI=1S/C12H6FNO3S/c13-7-3-1-6(2-4-7)11-14-10-8(18-11)5-9(15)17-12(10)16/h1-4H,5H2. The lowest BCUT2D eigenvalue weighted by molar-refractivity contribution is -0.137. The quantitative estimate of drug-likeness (QED) is 0.584. The lowest BCUT2D eigenvalue weighted by Gasteiger charge is -2.06. The van der Waals surface area contributed by atoms with Crippen molar-refractivity contribution < 1.29 is 18.7 Å². The summed E-state index contributed by atoms with van der Waals surface area (Å²) < 4.78 is 17.3. The topological polar surface area (TPSA) is 56.3 Å². The molecule has 6 heteroatoms. The third-order valence-electron chi connectivity index (χ3n) is 2.49. The smallest absolute Gasteiger partial charge is 0.365 e. The molecule has 0 aliphatic carbocycles. The van der Waals surface area contributed by atoms with Crippen molar-refractivity contribution in [3.05, 3.63) is 40.7 Å². The Morgan fingerprint density at radius 3 is 2.67 bits per heavy atom. The van der Waals surface area contributed by atoms with Crippen molar-refractivity contribution in [2.45, 2.75) is 6.42 Å². The molecule has 1 aromatic heterocycles. The second kappa shape index (κ2) is 3.99. The molecule has 3 rings (SSSR count). The normalized spacial score (nSPS) is 14.3. The highest BCUT2D eigenvalue weighted by Crippen LogP contribution is 2.31. The van der Waals surface area contributed by atoms with Gasteiger partial charge in [-0.15, -0.1) is 11.3 Å². The van der Waals surface area contributed by atoms with Gasteiger partial charge in [0.1, 0.15) is 10.8 Å². The van der Waals surface area contributed by atoms with Crippen LogP contribution >= 0.6 is 11.3 Å². The molecule has 1 aliphatic heterocycles. The Labute approximate surface area is 105 Å². The first-order valence-electron chi connectivity index (χ1n) is 5.14. The zero-order valence-electron chi connectivity index (χ0n) is 8.97. The number of hydrogen-bond acceptors (Lipinski definition) is 5. The van der Waals surface area contributed by atoms with Crippen LogP contribution in [-0.2, 0) is 16.0 Å². The minimum absolute atomic E-state index is 0.0555. The molecule has 4 nitrogen and oxygen atoms in total. The van der Waals surface area contributed by atoms with Gasteiger partial charge in [-0.05, 0) is 24.3 Å². The van der Waals surface area contributed by atoms with Crippen LogP contribution < -0.4 is 0 Å². The molecule has 0 N–H and O–H groups in total. The van der Waals surface area contributed by atoms with Crippen molar-refractivity contribution in [2.24, 2.45) is 0 Å². The van der Waals surface area contributed by atoms with Crippen LogP contribution in [0.2, 0.25) is 0 Å². The molecule has 0 atom stereocenters. The molecule has 0 bridgehead atoms. The van der Waals surface area contributed by atoms with Gasteiger partial charge in [-0.1, -0.05) is 0 Å². The van der Waals surface area contributed by atoms with Gasteiger partial charge in [-0.3, -0.25) is 4.79 Å². The van der Waals surface area contributed by atoms with Gasteiger partial charge in [-0.2, -0.15) is 0 Å². The van der Waals surface area contributed by atoms with E-state index < -0.39 is 11.9 Å². The Kier molecular flexibility index (Phi) is 2.45. The Morgan fingerprint density at radius 2 is 1.94 bits per heavy atom. The molecule has 2 aromatic rings. The van der Waals surface area contributed by atoms with E-state index in [1.54, 1.807) is 12.1 Å². The Balaban J connectivity index is 2.05. The zero-order chi connectivity index (χ0) is 12.7. The van der Waals surface area contributed by atoms with E-state index in [9.17, 15) is 14.0 Å². The molecule has 90 valence electrons. The molecule has 0 unspecified atom stereocenters. The van der Waals surface area contributed by atoms with Gasteiger partial charge in [0.2, 0.25) is 0 Å². The van der Waals surface area contributed by atoms with Crippen molar-refractivity contribution in [1.29, 1.82) is 0 Å². The van der Waals surface area contributed by atoms with E-state index in [4.69, 9.17) is 0 Å². The first kappa shape index (κ1) is 11.0. The summed E-state index contributed by atoms with van der Waals surface area (Å²) in [6.07, 6.45) is 0.0555. The number of halogens is 1. The maximum atomic E-state index is 12.8. The van der Waals surface area contributed by atoms with Gasteiger partial charge in [0.25, 0.3) is 0 Å². The van der Waals surface area contributed by atoms with E-state index >= 15 is 0 Å². The van der Waals surface area contributed by atoms with E-state index in [2.05, 4.69) is 9.72 Å². The predicted molar refractivity (Wildman–Crippen MR) is 61.6 cm³/mol. The van der Waals surface area contributed by atoms with Crippen molar-refractivity contribution in [1.82, 2.24) is 4.98 Å². The number of esters is 2. The molecule has 1 aromatic carbocycles. The number of ether oxygens (including phenoxy) is 1. The number of aromatic nitrogens is 1. The Hall–Kier alpha value is -2.08. The summed E-state index contributed by atoms with van der Waals surface area (Å²) in [6.45, 7) is 0. The SMILES string of the molecule is O=C1Cc2sc(-c3ccc(F)cc3)nc2C(=O)O1. The minimum Gasteiger partial charge on any atom is -0.388 e. The number of benzene rings is 1. The number of nitrogens with zero attached hydrogens (tertiary/aromatic N) is 1. The summed E-state index contributed by atoms with van der Waals surface area (Å²) in [5.74, 6) is -1.62. The maximum Gasteiger partial charge on any atom is 0.365 e. The fraction of sp³-hybridized carbons (Fsp3) is 0.0833. The molecular formula is C12H6FNO3S. The van der Waals surface area contributed by atoms with Crippen LogP contribution in [0.1, 0.15) is 15.4 Å². The third-order valence-corrected chi connectivity index (χ3v) is 3.60. The monoisotopic (exact) mass is 263 g/mol. The fourth-order valence-corrected chi connectivity index (χ4v) is 2.71. The number of carbonyl (C=O) groups excluding carboxylic acids is 2. The predicted octanol–water partition coefficient (Wildman–Crippen LogP) is 2.19. The number of thiazole rings is 1. The van der Waals surface area contributed by atoms with E-state index in [0.717, 1.165) is 0 Å². The van der Waals surface area contributed by atoms with Crippen molar-refractivity contribution in [3.63, 3.8) is 0 Å². The highest BCUT2D eigenvalue weighted by atomic mass is 32.1. The van der Waals surface area contributed by atoms with Gasteiger partial charge >= 0.3 is 11.9 Å². The molecule has 0 spiro atoms. The summed E-state index contributed by atoms with van der Waals surface area (Å²) in [7, 11) is 0. The lowest BCUT2D eigenvalue weighted by atomic mass is 10.2. The first-order valence-corrected chi connectivity index (χ1v) is 5.96. The summed E-state index contributed by atoms with van der Waals surface area (Å²) in [5, 5.41) is 0.576. The van der Waals surface area contributed by atoms with Crippen molar-refractivity contribution >= 4 is 23.3 Å². The van der Waals surface area contributed by atoms with Crippen LogP contribution in [0.25, 0.3) is 10.6 Å².